The maximum Gasteiger partial charge on any atom is 0.387 e. The lowest BCUT2D eigenvalue weighted by atomic mass is 10.1. The van der Waals surface area contributed by atoms with E-state index < -0.39 is 12.6 Å². The Morgan fingerprint density at radius 3 is 2.50 bits per heavy atom. The minimum absolute atomic E-state index is 0.0160. The Hall–Kier alpha value is -2.57. The van der Waals surface area contributed by atoms with E-state index in [1.165, 1.54) is 30.5 Å². The molecule has 0 unspecified atom stereocenters. The summed E-state index contributed by atoms with van der Waals surface area (Å²) in [5.41, 5.74) is 1.06. The number of aromatic nitrogens is 2. The summed E-state index contributed by atoms with van der Waals surface area (Å²) in [6.45, 7) is -1.35. The highest BCUT2D eigenvalue weighted by Crippen LogP contribution is 2.22. The third-order valence-electron chi connectivity index (χ3n) is 2.53. The third kappa shape index (κ3) is 3.05. The van der Waals surface area contributed by atoms with Crippen LogP contribution in [0.4, 0.5) is 8.78 Å². The van der Waals surface area contributed by atoms with Crippen molar-refractivity contribution in [3.05, 3.63) is 41.9 Å². The third-order valence-corrected chi connectivity index (χ3v) is 2.53. The van der Waals surface area contributed by atoms with E-state index in [1.54, 1.807) is 6.92 Å². The van der Waals surface area contributed by atoms with Crippen molar-refractivity contribution >= 4 is 5.97 Å². The average molecular weight is 280 g/mol. The van der Waals surface area contributed by atoms with Crippen molar-refractivity contribution < 1.29 is 23.4 Å². The van der Waals surface area contributed by atoms with Gasteiger partial charge in [0.15, 0.2) is 5.69 Å². The van der Waals surface area contributed by atoms with Crippen LogP contribution in [0.15, 0.2) is 30.5 Å². The molecule has 0 aliphatic carbocycles. The summed E-state index contributed by atoms with van der Waals surface area (Å²) in [4.78, 5) is 18.9. The van der Waals surface area contributed by atoms with Gasteiger partial charge in [0.05, 0.1) is 17.6 Å². The molecular formula is C13H10F2N2O3. The lowest BCUT2D eigenvalue weighted by Crippen LogP contribution is -2.06. The van der Waals surface area contributed by atoms with E-state index in [9.17, 15) is 13.6 Å². The fraction of sp³-hybridized carbons (Fsp3) is 0.154. The van der Waals surface area contributed by atoms with E-state index in [4.69, 9.17) is 5.11 Å². The number of ether oxygens (including phenoxy) is 1. The van der Waals surface area contributed by atoms with Crippen molar-refractivity contribution in [1.82, 2.24) is 9.97 Å². The number of carboxylic acid groups (broad SMARTS) is 1. The number of rotatable bonds is 4. The van der Waals surface area contributed by atoms with E-state index in [1.807, 2.05) is 0 Å². The van der Waals surface area contributed by atoms with Gasteiger partial charge in [0.2, 0.25) is 0 Å². The standard InChI is InChI=1S/C13H10F2N2O3/c1-7-11(12(18)19)17-10(6-16-7)8-2-4-9(5-3-8)20-13(14)15/h2-6,13H,1H3,(H,18,19). The molecule has 0 amide bonds. The lowest BCUT2D eigenvalue weighted by molar-refractivity contribution is -0.0498. The molecule has 0 fully saturated rings. The van der Waals surface area contributed by atoms with E-state index in [2.05, 4.69) is 14.7 Å². The number of alkyl halides is 2. The number of benzene rings is 1. The molecule has 1 N–H and O–H groups in total. The van der Waals surface area contributed by atoms with Crippen LogP contribution in [0.1, 0.15) is 16.2 Å². The summed E-state index contributed by atoms with van der Waals surface area (Å²) < 4.78 is 28.3. The van der Waals surface area contributed by atoms with Gasteiger partial charge in [0, 0.05) is 5.56 Å². The van der Waals surface area contributed by atoms with Crippen LogP contribution in [0.5, 0.6) is 5.75 Å². The van der Waals surface area contributed by atoms with Gasteiger partial charge in [-0.2, -0.15) is 8.78 Å². The highest BCUT2D eigenvalue weighted by Gasteiger charge is 2.12. The summed E-state index contributed by atoms with van der Waals surface area (Å²) >= 11 is 0. The molecule has 0 saturated carbocycles. The summed E-state index contributed by atoms with van der Waals surface area (Å²) in [7, 11) is 0. The zero-order chi connectivity index (χ0) is 14.7. The molecule has 20 heavy (non-hydrogen) atoms. The number of halogens is 2. The Labute approximate surface area is 112 Å². The first kappa shape index (κ1) is 13.9. The van der Waals surface area contributed by atoms with Gasteiger partial charge in [-0.25, -0.2) is 9.78 Å². The van der Waals surface area contributed by atoms with E-state index in [0.29, 0.717) is 17.0 Å². The van der Waals surface area contributed by atoms with Crippen LogP contribution in [0.3, 0.4) is 0 Å². The van der Waals surface area contributed by atoms with Crippen LogP contribution in [0.2, 0.25) is 0 Å². The Morgan fingerprint density at radius 1 is 1.30 bits per heavy atom. The summed E-state index contributed by atoms with van der Waals surface area (Å²) in [5, 5.41) is 8.97. The van der Waals surface area contributed by atoms with Crippen molar-refractivity contribution in [3.8, 4) is 17.0 Å². The summed E-state index contributed by atoms with van der Waals surface area (Å²) in [5.74, 6) is -1.16. The van der Waals surface area contributed by atoms with E-state index >= 15 is 0 Å². The molecule has 7 heteroatoms. The quantitative estimate of drug-likeness (QED) is 0.932. The number of carbonyl (C=O) groups is 1. The predicted octanol–water partition coefficient (Wildman–Crippen LogP) is 2.75. The maximum absolute atomic E-state index is 12.0. The van der Waals surface area contributed by atoms with Crippen LogP contribution in [-0.4, -0.2) is 27.7 Å². The van der Waals surface area contributed by atoms with Gasteiger partial charge in [-0.15, -0.1) is 0 Å². The Morgan fingerprint density at radius 2 is 1.95 bits per heavy atom. The summed E-state index contributed by atoms with van der Waals surface area (Å²) in [6.07, 6.45) is 1.42. The number of carboxylic acids is 1. The zero-order valence-electron chi connectivity index (χ0n) is 10.4. The molecule has 104 valence electrons. The second-order valence-corrected chi connectivity index (χ2v) is 3.90. The van der Waals surface area contributed by atoms with Crippen LogP contribution >= 0.6 is 0 Å². The minimum Gasteiger partial charge on any atom is -0.476 e. The van der Waals surface area contributed by atoms with Crippen molar-refractivity contribution in [2.24, 2.45) is 0 Å². The molecule has 0 saturated heterocycles. The molecular weight excluding hydrogens is 270 g/mol. The fourth-order valence-electron chi connectivity index (χ4n) is 1.60. The molecule has 0 aliphatic heterocycles. The first-order chi connectivity index (χ1) is 9.47. The second kappa shape index (κ2) is 5.60. The number of hydrogen-bond acceptors (Lipinski definition) is 4. The minimum atomic E-state index is -2.89. The monoisotopic (exact) mass is 280 g/mol. The number of aryl methyl sites for hydroxylation is 1. The molecule has 2 rings (SSSR count). The Kier molecular flexibility index (Phi) is 3.88. The SMILES string of the molecule is Cc1ncc(-c2ccc(OC(F)F)cc2)nc1C(=O)O. The molecule has 0 bridgehead atoms. The lowest BCUT2D eigenvalue weighted by Gasteiger charge is -2.06. The molecule has 0 radical (unpaired) electrons. The molecule has 0 spiro atoms. The van der Waals surface area contributed by atoms with Gasteiger partial charge in [-0.3, -0.25) is 4.98 Å². The van der Waals surface area contributed by atoms with Crippen molar-refractivity contribution in [1.29, 1.82) is 0 Å². The average Bonchev–Trinajstić information content (AvgIpc) is 2.39. The number of aromatic carboxylic acids is 1. The highest BCUT2D eigenvalue weighted by atomic mass is 19.3. The van der Waals surface area contributed by atoms with Crippen LogP contribution < -0.4 is 4.74 Å². The second-order valence-electron chi connectivity index (χ2n) is 3.90. The highest BCUT2D eigenvalue weighted by molar-refractivity contribution is 5.87. The zero-order valence-corrected chi connectivity index (χ0v) is 10.4. The normalized spacial score (nSPS) is 10.6. The van der Waals surface area contributed by atoms with Gasteiger partial charge < -0.3 is 9.84 Å². The van der Waals surface area contributed by atoms with Crippen molar-refractivity contribution in [2.75, 3.05) is 0 Å². The largest absolute Gasteiger partial charge is 0.476 e. The molecule has 1 heterocycles. The summed E-state index contributed by atoms with van der Waals surface area (Å²) in [6, 6.07) is 5.71. The fourth-order valence-corrected chi connectivity index (χ4v) is 1.60. The molecule has 2 aromatic rings. The maximum atomic E-state index is 12.0. The first-order valence-electron chi connectivity index (χ1n) is 5.59. The van der Waals surface area contributed by atoms with Crippen molar-refractivity contribution in [3.63, 3.8) is 0 Å². The number of hydrogen-bond donors (Lipinski definition) is 1. The number of nitrogens with zero attached hydrogens (tertiary/aromatic N) is 2. The van der Waals surface area contributed by atoms with E-state index in [-0.39, 0.29) is 11.4 Å². The van der Waals surface area contributed by atoms with Gasteiger partial charge in [-0.1, -0.05) is 0 Å². The first-order valence-corrected chi connectivity index (χ1v) is 5.59. The van der Waals surface area contributed by atoms with Gasteiger partial charge in [0.1, 0.15) is 5.75 Å². The van der Waals surface area contributed by atoms with Crippen LogP contribution in [-0.2, 0) is 0 Å². The van der Waals surface area contributed by atoms with Crippen LogP contribution in [0.25, 0.3) is 11.3 Å². The molecule has 5 nitrogen and oxygen atoms in total. The van der Waals surface area contributed by atoms with Gasteiger partial charge in [-0.05, 0) is 31.2 Å². The molecule has 1 aromatic carbocycles. The van der Waals surface area contributed by atoms with Crippen LogP contribution in [0, 0.1) is 6.92 Å². The Balaban J connectivity index is 2.32. The predicted molar refractivity (Wildman–Crippen MR) is 65.8 cm³/mol. The Bertz CT molecular complexity index is 630. The molecule has 0 aliphatic rings. The van der Waals surface area contributed by atoms with Gasteiger partial charge in [0.25, 0.3) is 0 Å². The molecule has 0 atom stereocenters. The van der Waals surface area contributed by atoms with Crippen molar-refractivity contribution in [2.45, 2.75) is 13.5 Å². The topological polar surface area (TPSA) is 72.3 Å². The molecule has 1 aromatic heterocycles. The van der Waals surface area contributed by atoms with Gasteiger partial charge >= 0.3 is 12.6 Å². The smallest absolute Gasteiger partial charge is 0.387 e. The van der Waals surface area contributed by atoms with E-state index in [0.717, 1.165) is 0 Å².